The van der Waals surface area contributed by atoms with Crippen LogP contribution in [0.1, 0.15) is 11.1 Å². The Morgan fingerprint density at radius 3 is 2.49 bits per heavy atom. The summed E-state index contributed by atoms with van der Waals surface area (Å²) in [5.74, 6) is -1.06. The second-order valence-electron chi connectivity index (χ2n) is 8.87. The van der Waals surface area contributed by atoms with Crippen LogP contribution in [-0.4, -0.2) is 52.6 Å². The number of ether oxygens (including phenoxy) is 4. The Labute approximate surface area is 215 Å². The van der Waals surface area contributed by atoms with E-state index in [1.165, 1.54) is 18.2 Å². The summed E-state index contributed by atoms with van der Waals surface area (Å²) in [4.78, 5) is 11.8. The zero-order valence-corrected chi connectivity index (χ0v) is 20.3. The van der Waals surface area contributed by atoms with Gasteiger partial charge in [0.15, 0.2) is 11.8 Å². The highest BCUT2D eigenvalue weighted by Crippen LogP contribution is 2.32. The molecule has 0 aliphatic carbocycles. The Bertz CT molecular complexity index is 1390. The molecule has 2 saturated heterocycles. The minimum absolute atomic E-state index is 0.107. The van der Waals surface area contributed by atoms with Crippen molar-refractivity contribution in [2.45, 2.75) is 37.6 Å². The number of benzene rings is 2. The summed E-state index contributed by atoms with van der Waals surface area (Å²) in [6.45, 7) is 1.09. The van der Waals surface area contributed by atoms with Crippen LogP contribution in [-0.2, 0) is 27.4 Å². The molecule has 11 heteroatoms. The van der Waals surface area contributed by atoms with Crippen LogP contribution in [0.15, 0.2) is 54.6 Å². The van der Waals surface area contributed by atoms with Gasteiger partial charge in [0.05, 0.1) is 30.4 Å². The molecule has 2 aliphatic rings. The molecule has 4 aromatic rings. The van der Waals surface area contributed by atoms with Gasteiger partial charge >= 0.3 is 0 Å². The molecule has 8 nitrogen and oxygen atoms in total. The predicted octanol–water partition coefficient (Wildman–Crippen LogP) is 4.63. The lowest BCUT2D eigenvalue weighted by Crippen LogP contribution is -2.35. The van der Waals surface area contributed by atoms with Crippen LogP contribution in [0.25, 0.3) is 11.2 Å². The number of hydrogen-bond acceptors (Lipinski definition) is 7. The molecule has 2 aliphatic heterocycles. The third-order valence-corrected chi connectivity index (χ3v) is 6.72. The van der Waals surface area contributed by atoms with Crippen molar-refractivity contribution in [1.29, 1.82) is 0 Å². The van der Waals surface area contributed by atoms with E-state index in [2.05, 4.69) is 20.3 Å². The number of pyridine rings is 1. The zero-order valence-electron chi connectivity index (χ0n) is 19.5. The number of hydrogen-bond donors (Lipinski definition) is 2. The van der Waals surface area contributed by atoms with Gasteiger partial charge in [-0.25, -0.2) is 13.8 Å². The fourth-order valence-electron chi connectivity index (χ4n) is 4.54. The van der Waals surface area contributed by atoms with Gasteiger partial charge in [-0.05, 0) is 23.8 Å². The Balaban J connectivity index is 1.10. The third kappa shape index (κ3) is 4.97. The molecule has 0 unspecified atom stereocenters. The third-order valence-electron chi connectivity index (χ3n) is 6.43. The van der Waals surface area contributed by atoms with Crippen molar-refractivity contribution < 1.29 is 27.7 Å². The van der Waals surface area contributed by atoms with Gasteiger partial charge in [-0.2, -0.15) is 4.98 Å². The second-order valence-corrected chi connectivity index (χ2v) is 9.28. The maximum atomic E-state index is 13.9. The Morgan fingerprint density at radius 2 is 1.70 bits per heavy atom. The van der Waals surface area contributed by atoms with E-state index in [1.807, 2.05) is 30.3 Å². The van der Waals surface area contributed by atoms with Gasteiger partial charge in [-0.15, -0.1) is 0 Å². The molecular formula is C26H23ClF2N4O4. The van der Waals surface area contributed by atoms with E-state index >= 15 is 0 Å². The monoisotopic (exact) mass is 528 g/mol. The molecule has 192 valence electrons. The van der Waals surface area contributed by atoms with Crippen LogP contribution >= 0.6 is 11.6 Å². The molecule has 2 N–H and O–H groups in total. The van der Waals surface area contributed by atoms with Gasteiger partial charge < -0.3 is 29.2 Å². The molecule has 4 atom stereocenters. The number of nitrogens with one attached hydrogen (secondary N) is 2. The fourth-order valence-corrected chi connectivity index (χ4v) is 4.76. The number of aromatic nitrogens is 3. The Morgan fingerprint density at radius 1 is 0.973 bits per heavy atom. The van der Waals surface area contributed by atoms with E-state index in [0.29, 0.717) is 31.0 Å². The quantitative estimate of drug-likeness (QED) is 0.344. The van der Waals surface area contributed by atoms with E-state index in [9.17, 15) is 8.78 Å². The smallest absolute Gasteiger partial charge is 0.296 e. The number of anilines is 1. The summed E-state index contributed by atoms with van der Waals surface area (Å²) in [7, 11) is 0. The van der Waals surface area contributed by atoms with Gasteiger partial charge in [-0.1, -0.05) is 48.0 Å². The topological polar surface area (TPSA) is 90.5 Å². The van der Waals surface area contributed by atoms with Crippen LogP contribution < -0.4 is 10.1 Å². The van der Waals surface area contributed by atoms with Crippen molar-refractivity contribution in [3.63, 3.8) is 0 Å². The van der Waals surface area contributed by atoms with Crippen LogP contribution in [0.4, 0.5) is 14.6 Å². The molecular weight excluding hydrogens is 506 g/mol. The van der Waals surface area contributed by atoms with Crippen LogP contribution in [0.2, 0.25) is 5.02 Å². The highest BCUT2D eigenvalue weighted by Gasteiger charge is 2.49. The summed E-state index contributed by atoms with van der Waals surface area (Å²) in [6.07, 6.45) is -1.10. The van der Waals surface area contributed by atoms with Crippen molar-refractivity contribution in [3.8, 4) is 6.01 Å². The van der Waals surface area contributed by atoms with Gasteiger partial charge in [0.1, 0.15) is 35.8 Å². The summed E-state index contributed by atoms with van der Waals surface area (Å²) < 4.78 is 51.9. The van der Waals surface area contributed by atoms with Crippen molar-refractivity contribution in [1.82, 2.24) is 15.0 Å². The molecule has 0 spiro atoms. The molecule has 0 bridgehead atoms. The van der Waals surface area contributed by atoms with E-state index in [4.69, 9.17) is 30.5 Å². The summed E-state index contributed by atoms with van der Waals surface area (Å²) in [5.41, 5.74) is 1.86. The summed E-state index contributed by atoms with van der Waals surface area (Å²) >= 11 is 6.34. The molecule has 0 radical (unpaired) electrons. The highest BCUT2D eigenvalue weighted by molar-refractivity contribution is 6.33. The first kappa shape index (κ1) is 24.1. The molecule has 0 saturated carbocycles. The van der Waals surface area contributed by atoms with Gasteiger partial charge in [0, 0.05) is 12.1 Å². The molecule has 2 fully saturated rings. The average molecular weight is 529 g/mol. The van der Waals surface area contributed by atoms with Crippen molar-refractivity contribution >= 4 is 28.6 Å². The Hall–Kier alpha value is -3.31. The number of rotatable bonds is 8. The van der Waals surface area contributed by atoms with E-state index in [1.54, 1.807) is 6.07 Å². The number of aromatic amines is 1. The predicted molar refractivity (Wildman–Crippen MR) is 131 cm³/mol. The minimum atomic E-state index is -0.654. The molecule has 0 amide bonds. The van der Waals surface area contributed by atoms with E-state index < -0.39 is 11.6 Å². The van der Waals surface area contributed by atoms with E-state index in [-0.39, 0.29) is 53.4 Å². The maximum absolute atomic E-state index is 13.9. The van der Waals surface area contributed by atoms with Crippen molar-refractivity contribution in [2.75, 3.05) is 18.5 Å². The largest absolute Gasteiger partial charge is 0.456 e. The average Bonchev–Trinajstić information content (AvgIpc) is 3.59. The lowest BCUT2D eigenvalue weighted by atomic mass is 10.1. The number of H-pyrrole nitrogens is 1. The number of fused-ring (bicyclic) bond motifs is 2. The molecule has 6 rings (SSSR count). The van der Waals surface area contributed by atoms with Gasteiger partial charge in [0.25, 0.3) is 6.01 Å². The zero-order chi connectivity index (χ0) is 25.4. The SMILES string of the molecule is Fc1cccc(F)c1CNc1nc2nc(O[C@H]3CO[C@H]4[C@@H]3OC[C@H]4OCc3ccccc3)[nH]c2cc1Cl. The molecule has 2 aromatic carbocycles. The number of imidazole rings is 1. The maximum Gasteiger partial charge on any atom is 0.296 e. The molecule has 2 aromatic heterocycles. The lowest BCUT2D eigenvalue weighted by Gasteiger charge is -2.17. The first-order chi connectivity index (χ1) is 18.0. The number of nitrogens with zero attached hydrogens (tertiary/aromatic N) is 2. The van der Waals surface area contributed by atoms with Crippen LogP contribution in [0.5, 0.6) is 6.01 Å². The molecule has 37 heavy (non-hydrogen) atoms. The van der Waals surface area contributed by atoms with Crippen LogP contribution in [0, 0.1) is 11.6 Å². The first-order valence-electron chi connectivity index (χ1n) is 11.8. The summed E-state index contributed by atoms with van der Waals surface area (Å²) in [5, 5.41) is 3.14. The standard InChI is InChI=1S/C26H23ClF2N4O4/c27-16-9-19-25(32-24(16)30-10-15-17(28)7-4-8-18(15)29)33-26(31-19)37-21-13-36-22-20(12-35-23(21)22)34-11-14-5-2-1-3-6-14/h1-9,20-23H,10-13H2,(H2,30,31,32,33)/t20-,21+,22-,23-/m1/s1. The van der Waals surface area contributed by atoms with Crippen molar-refractivity contribution in [2.24, 2.45) is 0 Å². The summed E-state index contributed by atoms with van der Waals surface area (Å²) in [6, 6.07) is 15.5. The van der Waals surface area contributed by atoms with Gasteiger partial charge in [-0.3, -0.25) is 0 Å². The second kappa shape index (κ2) is 10.2. The van der Waals surface area contributed by atoms with E-state index in [0.717, 1.165) is 5.56 Å². The Kier molecular flexibility index (Phi) is 6.64. The normalized spacial score (nSPS) is 22.9. The fraction of sp³-hybridized carbons (Fsp3) is 0.308. The first-order valence-corrected chi connectivity index (χ1v) is 12.2. The van der Waals surface area contributed by atoms with Gasteiger partial charge in [0.2, 0.25) is 0 Å². The van der Waals surface area contributed by atoms with Crippen molar-refractivity contribution in [3.05, 3.63) is 82.4 Å². The molecule has 4 heterocycles. The number of halogens is 3. The lowest BCUT2D eigenvalue weighted by molar-refractivity contribution is -0.0428. The van der Waals surface area contributed by atoms with Crippen LogP contribution in [0.3, 0.4) is 0 Å². The minimum Gasteiger partial charge on any atom is -0.456 e. The highest BCUT2D eigenvalue weighted by atomic mass is 35.5.